The summed E-state index contributed by atoms with van der Waals surface area (Å²) >= 11 is 13.5. The molecule has 21 heavy (non-hydrogen) atoms. The highest BCUT2D eigenvalue weighted by molar-refractivity contribution is 8.00. The van der Waals surface area contributed by atoms with Gasteiger partial charge >= 0.3 is 0 Å². The predicted octanol–water partition coefficient (Wildman–Crippen LogP) is 5.89. The van der Waals surface area contributed by atoms with E-state index in [1.54, 1.807) is 18.2 Å². The Labute approximate surface area is 139 Å². The number of benzene rings is 2. The Hall–Kier alpha value is -0.960. The second kappa shape index (κ2) is 6.87. The van der Waals surface area contributed by atoms with Crippen LogP contribution in [0.5, 0.6) is 0 Å². The van der Waals surface area contributed by atoms with E-state index >= 15 is 0 Å². The first-order valence-electron chi connectivity index (χ1n) is 6.57. The molecular weight excluding hydrogens is 323 g/mol. The Morgan fingerprint density at radius 2 is 1.67 bits per heavy atom. The average molecular weight is 339 g/mol. The van der Waals surface area contributed by atoms with Crippen molar-refractivity contribution >= 4 is 40.7 Å². The third-order valence-electron chi connectivity index (χ3n) is 3.39. The SMILES string of the molecule is Cc1cc(C)c(C(=O)CSc2cc(Cl)ccc2Cl)cc1C. The first kappa shape index (κ1) is 16.4. The standard InChI is InChI=1S/C17H16Cl2OS/c1-10-6-12(3)14(7-11(10)2)16(20)9-21-17-8-13(18)4-5-15(17)19/h4-8H,9H2,1-3H3. The van der Waals surface area contributed by atoms with Gasteiger partial charge in [-0.25, -0.2) is 0 Å². The number of Topliss-reactive ketones (excluding diaryl/α,β-unsaturated/α-hetero) is 1. The maximum atomic E-state index is 12.4. The van der Waals surface area contributed by atoms with Crippen LogP contribution in [0.3, 0.4) is 0 Å². The summed E-state index contributed by atoms with van der Waals surface area (Å²) in [5.74, 6) is 0.459. The zero-order valence-corrected chi connectivity index (χ0v) is 14.5. The Morgan fingerprint density at radius 1 is 1.00 bits per heavy atom. The average Bonchev–Trinajstić information content (AvgIpc) is 2.43. The summed E-state index contributed by atoms with van der Waals surface area (Å²) in [5, 5.41) is 1.24. The molecule has 0 aliphatic carbocycles. The molecule has 2 aromatic carbocycles. The number of ketones is 1. The van der Waals surface area contributed by atoms with E-state index in [0.717, 1.165) is 21.6 Å². The van der Waals surface area contributed by atoms with Crippen molar-refractivity contribution in [2.24, 2.45) is 0 Å². The molecule has 2 rings (SSSR count). The van der Waals surface area contributed by atoms with Crippen molar-refractivity contribution in [1.82, 2.24) is 0 Å². The monoisotopic (exact) mass is 338 g/mol. The van der Waals surface area contributed by atoms with E-state index in [2.05, 4.69) is 13.0 Å². The third-order valence-corrected chi connectivity index (χ3v) is 5.13. The Morgan fingerprint density at radius 3 is 2.38 bits per heavy atom. The van der Waals surface area contributed by atoms with Crippen molar-refractivity contribution in [2.45, 2.75) is 25.7 Å². The van der Waals surface area contributed by atoms with Crippen molar-refractivity contribution in [1.29, 1.82) is 0 Å². The largest absolute Gasteiger partial charge is 0.293 e. The summed E-state index contributed by atoms with van der Waals surface area (Å²) in [6.07, 6.45) is 0. The van der Waals surface area contributed by atoms with Gasteiger partial charge in [0, 0.05) is 15.5 Å². The molecule has 0 saturated heterocycles. The fraction of sp³-hybridized carbons (Fsp3) is 0.235. The van der Waals surface area contributed by atoms with Gasteiger partial charge in [-0.15, -0.1) is 11.8 Å². The van der Waals surface area contributed by atoms with Gasteiger partial charge in [0.2, 0.25) is 0 Å². The van der Waals surface area contributed by atoms with E-state index in [1.807, 2.05) is 19.9 Å². The Kier molecular flexibility index (Phi) is 5.37. The highest BCUT2D eigenvalue weighted by Gasteiger charge is 2.12. The number of rotatable bonds is 4. The number of carbonyl (C=O) groups is 1. The van der Waals surface area contributed by atoms with E-state index in [0.29, 0.717) is 15.8 Å². The minimum Gasteiger partial charge on any atom is -0.293 e. The van der Waals surface area contributed by atoms with Crippen LogP contribution in [0.25, 0.3) is 0 Å². The molecule has 0 spiro atoms. The lowest BCUT2D eigenvalue weighted by Gasteiger charge is -2.09. The van der Waals surface area contributed by atoms with E-state index in [1.165, 1.54) is 17.3 Å². The van der Waals surface area contributed by atoms with E-state index in [-0.39, 0.29) is 5.78 Å². The summed E-state index contributed by atoms with van der Waals surface area (Å²) in [7, 11) is 0. The molecule has 0 radical (unpaired) electrons. The van der Waals surface area contributed by atoms with Gasteiger partial charge in [-0.05, 0) is 61.7 Å². The molecule has 0 saturated carbocycles. The van der Waals surface area contributed by atoms with Crippen LogP contribution in [0, 0.1) is 20.8 Å². The van der Waals surface area contributed by atoms with Gasteiger partial charge in [0.25, 0.3) is 0 Å². The lowest BCUT2D eigenvalue weighted by Crippen LogP contribution is -2.06. The maximum Gasteiger partial charge on any atom is 0.173 e. The quantitative estimate of drug-likeness (QED) is 0.510. The topological polar surface area (TPSA) is 17.1 Å². The molecule has 0 atom stereocenters. The number of hydrogen-bond donors (Lipinski definition) is 0. The van der Waals surface area contributed by atoms with Crippen LogP contribution in [0.15, 0.2) is 35.2 Å². The normalized spacial score (nSPS) is 10.7. The van der Waals surface area contributed by atoms with Crippen molar-refractivity contribution in [2.75, 3.05) is 5.75 Å². The molecule has 0 N–H and O–H groups in total. The number of thioether (sulfide) groups is 1. The summed E-state index contributed by atoms with van der Waals surface area (Å²) in [6.45, 7) is 6.04. The summed E-state index contributed by atoms with van der Waals surface area (Å²) in [5.41, 5.74) is 4.13. The zero-order chi connectivity index (χ0) is 15.6. The van der Waals surface area contributed by atoms with Gasteiger partial charge in [0.05, 0.1) is 10.8 Å². The Balaban J connectivity index is 2.15. The molecule has 0 aliphatic heterocycles. The van der Waals surface area contributed by atoms with Crippen LogP contribution in [-0.2, 0) is 0 Å². The summed E-state index contributed by atoms with van der Waals surface area (Å²) in [4.78, 5) is 13.2. The summed E-state index contributed by atoms with van der Waals surface area (Å²) in [6, 6.07) is 9.29. The lowest BCUT2D eigenvalue weighted by atomic mass is 9.99. The maximum absolute atomic E-state index is 12.4. The first-order chi connectivity index (χ1) is 9.88. The predicted molar refractivity (Wildman–Crippen MR) is 92.2 cm³/mol. The van der Waals surface area contributed by atoms with E-state index < -0.39 is 0 Å². The minimum absolute atomic E-state index is 0.108. The number of halogens is 2. The Bertz CT molecular complexity index is 695. The van der Waals surface area contributed by atoms with E-state index in [4.69, 9.17) is 23.2 Å². The molecule has 4 heteroatoms. The molecule has 0 aromatic heterocycles. The van der Waals surface area contributed by atoms with Crippen LogP contribution < -0.4 is 0 Å². The van der Waals surface area contributed by atoms with Gasteiger partial charge in [0.1, 0.15) is 0 Å². The fourth-order valence-electron chi connectivity index (χ4n) is 2.07. The smallest absolute Gasteiger partial charge is 0.173 e. The molecule has 0 heterocycles. The molecule has 1 nitrogen and oxygen atoms in total. The molecule has 0 unspecified atom stereocenters. The fourth-order valence-corrected chi connectivity index (χ4v) is 3.45. The molecule has 0 bridgehead atoms. The minimum atomic E-state index is 0.108. The van der Waals surface area contributed by atoms with Crippen LogP contribution in [0.4, 0.5) is 0 Å². The van der Waals surface area contributed by atoms with Gasteiger partial charge in [-0.2, -0.15) is 0 Å². The van der Waals surface area contributed by atoms with Crippen LogP contribution >= 0.6 is 35.0 Å². The van der Waals surface area contributed by atoms with Crippen molar-refractivity contribution in [3.63, 3.8) is 0 Å². The van der Waals surface area contributed by atoms with Gasteiger partial charge in [0.15, 0.2) is 5.78 Å². The van der Waals surface area contributed by atoms with Gasteiger partial charge < -0.3 is 0 Å². The molecule has 110 valence electrons. The van der Waals surface area contributed by atoms with E-state index in [9.17, 15) is 4.79 Å². The molecule has 2 aromatic rings. The van der Waals surface area contributed by atoms with Crippen molar-refractivity contribution in [3.05, 3.63) is 62.6 Å². The lowest BCUT2D eigenvalue weighted by molar-refractivity contribution is 0.102. The van der Waals surface area contributed by atoms with Crippen LogP contribution in [0.2, 0.25) is 10.0 Å². The second-order valence-electron chi connectivity index (χ2n) is 5.04. The number of hydrogen-bond acceptors (Lipinski definition) is 2. The third kappa shape index (κ3) is 4.03. The van der Waals surface area contributed by atoms with Crippen molar-refractivity contribution < 1.29 is 4.79 Å². The first-order valence-corrected chi connectivity index (χ1v) is 8.31. The second-order valence-corrected chi connectivity index (χ2v) is 6.90. The van der Waals surface area contributed by atoms with Crippen LogP contribution in [0.1, 0.15) is 27.0 Å². The van der Waals surface area contributed by atoms with Crippen molar-refractivity contribution in [3.8, 4) is 0 Å². The van der Waals surface area contributed by atoms with Gasteiger partial charge in [-0.3, -0.25) is 4.79 Å². The molecule has 0 amide bonds. The molecule has 0 aliphatic rings. The van der Waals surface area contributed by atoms with Crippen LogP contribution in [-0.4, -0.2) is 11.5 Å². The highest BCUT2D eigenvalue weighted by atomic mass is 35.5. The highest BCUT2D eigenvalue weighted by Crippen LogP contribution is 2.30. The van der Waals surface area contributed by atoms with Gasteiger partial charge in [-0.1, -0.05) is 29.3 Å². The number of carbonyl (C=O) groups excluding carboxylic acids is 1. The zero-order valence-electron chi connectivity index (χ0n) is 12.2. The molecule has 0 fully saturated rings. The summed E-state index contributed by atoms with van der Waals surface area (Å²) < 4.78 is 0. The molecular formula is C17H16Cl2OS. The number of aryl methyl sites for hydroxylation is 3.